The van der Waals surface area contributed by atoms with Gasteiger partial charge in [0.2, 0.25) is 0 Å². The first-order valence-corrected chi connectivity index (χ1v) is 7.46. The summed E-state index contributed by atoms with van der Waals surface area (Å²) in [5, 5.41) is 39.7. The second-order valence-electron chi connectivity index (χ2n) is 4.68. The molecule has 1 aromatic carbocycles. The van der Waals surface area contributed by atoms with Crippen molar-refractivity contribution in [2.24, 2.45) is 0 Å². The average molecular weight is 363 g/mol. The maximum atomic E-state index is 10.9. The second-order valence-corrected chi connectivity index (χ2v) is 5.69. The van der Waals surface area contributed by atoms with Gasteiger partial charge in [-0.15, -0.1) is 0 Å². The van der Waals surface area contributed by atoms with Crippen LogP contribution in [-0.4, -0.2) is 34.7 Å². The van der Waals surface area contributed by atoms with Gasteiger partial charge in [0.05, 0.1) is 22.1 Å². The van der Waals surface area contributed by atoms with Gasteiger partial charge < -0.3 is 10.4 Å². The molecule has 3 rings (SSSR count). The normalized spacial score (nSPS) is 10.6. The fraction of sp³-hybridized carbons (Fsp3) is 0.0833. The van der Waals surface area contributed by atoms with Crippen LogP contribution in [0.25, 0.3) is 5.00 Å². The Kier molecular flexibility index (Phi) is 4.21. The number of nitrogens with one attached hydrogen (secondary N) is 1. The predicted octanol–water partition coefficient (Wildman–Crippen LogP) is 1.86. The number of nitrogens with zero attached hydrogens (tertiary/aromatic N) is 6. The molecule has 0 unspecified atom stereocenters. The van der Waals surface area contributed by atoms with E-state index in [9.17, 15) is 25.3 Å². The van der Waals surface area contributed by atoms with E-state index in [1.165, 1.54) is 34.9 Å². The SMILES string of the molecule is O=[N+]([O-])c1cc(CNc2ncc(-n3cncn3)s2)c(O)c([N+](=O)[O-])c1. The van der Waals surface area contributed by atoms with Crippen LogP contribution in [0.4, 0.5) is 16.5 Å². The summed E-state index contributed by atoms with van der Waals surface area (Å²) in [5.74, 6) is -0.629. The molecule has 0 saturated heterocycles. The standard InChI is InChI=1S/C12H9N7O5S/c20-11-7(1-8(18(21)22)2-9(11)19(23)24)3-14-12-15-4-10(25-12)17-6-13-5-16-17/h1-2,4-6,20H,3H2,(H,14,15). The Morgan fingerprint density at radius 3 is 2.72 bits per heavy atom. The maximum absolute atomic E-state index is 10.9. The molecule has 0 bridgehead atoms. The summed E-state index contributed by atoms with van der Waals surface area (Å²) in [5.41, 5.74) is -1.20. The molecule has 12 nitrogen and oxygen atoms in total. The fourth-order valence-electron chi connectivity index (χ4n) is 1.99. The van der Waals surface area contributed by atoms with Gasteiger partial charge in [0.25, 0.3) is 5.69 Å². The Hall–Kier alpha value is -3.61. The molecule has 0 fully saturated rings. The highest BCUT2D eigenvalue weighted by atomic mass is 32.1. The van der Waals surface area contributed by atoms with E-state index in [2.05, 4.69) is 20.4 Å². The van der Waals surface area contributed by atoms with Crippen molar-refractivity contribution in [2.75, 3.05) is 5.32 Å². The molecule has 2 heterocycles. The Bertz CT molecular complexity index is 939. The summed E-state index contributed by atoms with van der Waals surface area (Å²) in [6, 6.07) is 1.78. The lowest BCUT2D eigenvalue weighted by Gasteiger charge is -2.06. The van der Waals surface area contributed by atoms with Crippen molar-refractivity contribution < 1.29 is 15.0 Å². The molecule has 0 aliphatic carbocycles. The largest absolute Gasteiger partial charge is 0.502 e. The number of rotatable bonds is 6. The van der Waals surface area contributed by atoms with Crippen molar-refractivity contribution >= 4 is 27.8 Å². The molecule has 25 heavy (non-hydrogen) atoms. The summed E-state index contributed by atoms with van der Waals surface area (Å²) in [7, 11) is 0. The minimum absolute atomic E-state index is 0.0124. The third-order valence-corrected chi connectivity index (χ3v) is 4.07. The van der Waals surface area contributed by atoms with Gasteiger partial charge in [0.1, 0.15) is 17.7 Å². The van der Waals surface area contributed by atoms with Crippen LogP contribution >= 0.6 is 11.3 Å². The fourth-order valence-corrected chi connectivity index (χ4v) is 2.73. The molecule has 0 radical (unpaired) electrons. The van der Waals surface area contributed by atoms with Crippen LogP contribution in [0.1, 0.15) is 5.56 Å². The molecular formula is C12H9N7O5S. The molecule has 3 aromatic rings. The number of nitro groups is 2. The Morgan fingerprint density at radius 2 is 2.08 bits per heavy atom. The van der Waals surface area contributed by atoms with E-state index in [4.69, 9.17) is 0 Å². The number of phenolic OH excluding ortho intramolecular Hbond substituents is 1. The molecule has 128 valence electrons. The van der Waals surface area contributed by atoms with Crippen LogP contribution in [0.2, 0.25) is 0 Å². The molecule has 0 spiro atoms. The molecule has 0 amide bonds. The first-order valence-electron chi connectivity index (χ1n) is 6.65. The molecular weight excluding hydrogens is 354 g/mol. The van der Waals surface area contributed by atoms with Gasteiger partial charge in [-0.05, 0) is 0 Å². The predicted molar refractivity (Wildman–Crippen MR) is 85.8 cm³/mol. The van der Waals surface area contributed by atoms with Crippen LogP contribution in [0.15, 0.2) is 31.0 Å². The number of aromatic nitrogens is 4. The van der Waals surface area contributed by atoms with Gasteiger partial charge in [-0.1, -0.05) is 11.3 Å². The number of hydrogen-bond donors (Lipinski definition) is 2. The Labute approximate surface area is 142 Å². The lowest BCUT2D eigenvalue weighted by Crippen LogP contribution is -2.02. The second kappa shape index (κ2) is 6.48. The van der Waals surface area contributed by atoms with E-state index in [1.807, 2.05) is 0 Å². The van der Waals surface area contributed by atoms with Gasteiger partial charge in [0.15, 0.2) is 10.9 Å². The number of non-ortho nitro benzene ring substituents is 1. The van der Waals surface area contributed by atoms with Crippen molar-refractivity contribution in [3.05, 3.63) is 56.8 Å². The van der Waals surface area contributed by atoms with Crippen LogP contribution in [-0.2, 0) is 6.54 Å². The van der Waals surface area contributed by atoms with Gasteiger partial charge >= 0.3 is 5.69 Å². The van der Waals surface area contributed by atoms with E-state index < -0.39 is 27.0 Å². The zero-order valence-corrected chi connectivity index (χ0v) is 13.1. The maximum Gasteiger partial charge on any atom is 0.317 e. The lowest BCUT2D eigenvalue weighted by molar-refractivity contribution is -0.394. The van der Waals surface area contributed by atoms with Crippen molar-refractivity contribution in [1.29, 1.82) is 0 Å². The quantitative estimate of drug-likeness (QED) is 0.491. The van der Waals surface area contributed by atoms with Crippen LogP contribution < -0.4 is 5.32 Å². The van der Waals surface area contributed by atoms with Gasteiger partial charge in [-0.25, -0.2) is 14.6 Å². The smallest absolute Gasteiger partial charge is 0.317 e. The lowest BCUT2D eigenvalue weighted by atomic mass is 10.1. The highest BCUT2D eigenvalue weighted by Gasteiger charge is 2.23. The van der Waals surface area contributed by atoms with E-state index >= 15 is 0 Å². The number of anilines is 1. The van der Waals surface area contributed by atoms with Crippen molar-refractivity contribution in [1.82, 2.24) is 19.7 Å². The van der Waals surface area contributed by atoms with Crippen molar-refractivity contribution in [3.8, 4) is 10.8 Å². The van der Waals surface area contributed by atoms with E-state index in [1.54, 1.807) is 0 Å². The highest BCUT2D eigenvalue weighted by molar-refractivity contribution is 7.17. The molecule has 13 heteroatoms. The van der Waals surface area contributed by atoms with E-state index in [0.717, 1.165) is 6.07 Å². The number of nitro benzene ring substituents is 2. The topological polar surface area (TPSA) is 162 Å². The molecule has 2 N–H and O–H groups in total. The molecule has 0 atom stereocenters. The third kappa shape index (κ3) is 3.35. The highest BCUT2D eigenvalue weighted by Crippen LogP contribution is 2.35. The summed E-state index contributed by atoms with van der Waals surface area (Å²) in [6.07, 6.45) is 4.40. The van der Waals surface area contributed by atoms with Gasteiger partial charge in [0, 0.05) is 18.2 Å². The number of aromatic hydroxyl groups is 1. The zero-order valence-electron chi connectivity index (χ0n) is 12.3. The van der Waals surface area contributed by atoms with Crippen molar-refractivity contribution in [2.45, 2.75) is 6.54 Å². The zero-order chi connectivity index (χ0) is 18.0. The van der Waals surface area contributed by atoms with Crippen LogP contribution in [0, 0.1) is 20.2 Å². The van der Waals surface area contributed by atoms with Crippen molar-refractivity contribution in [3.63, 3.8) is 0 Å². The summed E-state index contributed by atoms with van der Waals surface area (Å²) in [6.45, 7) is -0.0847. The average Bonchev–Trinajstić information content (AvgIpc) is 3.24. The molecule has 0 saturated carbocycles. The van der Waals surface area contributed by atoms with E-state index in [-0.39, 0.29) is 12.1 Å². The minimum Gasteiger partial charge on any atom is -0.502 e. The van der Waals surface area contributed by atoms with Gasteiger partial charge in [-0.3, -0.25) is 20.2 Å². The monoisotopic (exact) mass is 363 g/mol. The summed E-state index contributed by atoms with van der Waals surface area (Å²) in [4.78, 5) is 28.1. The summed E-state index contributed by atoms with van der Waals surface area (Å²) < 4.78 is 1.50. The van der Waals surface area contributed by atoms with Crippen LogP contribution in [0.5, 0.6) is 5.75 Å². The first kappa shape index (κ1) is 16.3. The van der Waals surface area contributed by atoms with Gasteiger partial charge in [-0.2, -0.15) is 5.10 Å². The summed E-state index contributed by atoms with van der Waals surface area (Å²) >= 11 is 1.23. The third-order valence-electron chi connectivity index (χ3n) is 3.13. The number of benzene rings is 1. The Balaban J connectivity index is 1.83. The molecule has 0 aliphatic rings. The first-order chi connectivity index (χ1) is 12.0. The van der Waals surface area contributed by atoms with Crippen LogP contribution in [0.3, 0.4) is 0 Å². The number of thiazole rings is 1. The number of hydrogen-bond acceptors (Lipinski definition) is 10. The Morgan fingerprint density at radius 1 is 1.28 bits per heavy atom. The molecule has 0 aliphatic heterocycles. The molecule has 2 aromatic heterocycles. The van der Waals surface area contributed by atoms with E-state index in [0.29, 0.717) is 16.2 Å². The minimum atomic E-state index is -0.877. The number of phenols is 1.